The summed E-state index contributed by atoms with van der Waals surface area (Å²) in [5.41, 5.74) is 2.80. The second-order valence-electron chi connectivity index (χ2n) is 10.1. The first-order valence-electron chi connectivity index (χ1n) is 12.8. The van der Waals surface area contributed by atoms with Gasteiger partial charge in [0.25, 0.3) is 11.8 Å². The van der Waals surface area contributed by atoms with Gasteiger partial charge in [0.2, 0.25) is 0 Å². The van der Waals surface area contributed by atoms with Crippen LogP contribution in [0.15, 0.2) is 29.8 Å². The van der Waals surface area contributed by atoms with Gasteiger partial charge in [-0.05, 0) is 38.0 Å². The van der Waals surface area contributed by atoms with Crippen molar-refractivity contribution in [2.24, 2.45) is 0 Å². The van der Waals surface area contributed by atoms with E-state index in [1.165, 1.54) is 43.4 Å². The number of amides is 2. The Hall–Kier alpha value is -2.78. The van der Waals surface area contributed by atoms with E-state index in [-0.39, 0.29) is 11.8 Å². The van der Waals surface area contributed by atoms with Crippen molar-refractivity contribution in [3.8, 4) is 0 Å². The highest BCUT2D eigenvalue weighted by molar-refractivity contribution is 7.11. The average Bonchev–Trinajstić information content (AvgIpc) is 3.50. The van der Waals surface area contributed by atoms with Crippen LogP contribution in [0.4, 0.5) is 0 Å². The van der Waals surface area contributed by atoms with Crippen molar-refractivity contribution in [1.82, 2.24) is 29.2 Å². The third kappa shape index (κ3) is 4.25. The first kappa shape index (κ1) is 22.7. The maximum absolute atomic E-state index is 13.2. The zero-order valence-electron chi connectivity index (χ0n) is 20.2. The van der Waals surface area contributed by atoms with Crippen molar-refractivity contribution in [1.29, 1.82) is 0 Å². The summed E-state index contributed by atoms with van der Waals surface area (Å²) in [4.78, 5) is 40.9. The fraction of sp³-hybridized carbons (Fsp3) is 0.538. The van der Waals surface area contributed by atoms with Gasteiger partial charge in [0.1, 0.15) is 5.82 Å². The van der Waals surface area contributed by atoms with Gasteiger partial charge in [-0.1, -0.05) is 19.3 Å². The van der Waals surface area contributed by atoms with Crippen LogP contribution in [0.5, 0.6) is 0 Å². The average molecular weight is 493 g/mol. The largest absolute Gasteiger partial charge is 0.335 e. The Morgan fingerprint density at radius 3 is 2.43 bits per heavy atom. The molecule has 2 amide bonds. The minimum atomic E-state index is 0.0293. The van der Waals surface area contributed by atoms with Crippen LogP contribution in [0.3, 0.4) is 0 Å². The van der Waals surface area contributed by atoms with E-state index < -0.39 is 0 Å². The molecule has 1 aromatic carbocycles. The zero-order chi connectivity index (χ0) is 23.9. The molecular formula is C26H32N6O2S. The van der Waals surface area contributed by atoms with E-state index in [4.69, 9.17) is 4.98 Å². The molecule has 0 atom stereocenters. The molecule has 9 heteroatoms. The number of carbonyl (C=O) groups is 2. The molecule has 184 valence electrons. The van der Waals surface area contributed by atoms with E-state index in [0.717, 1.165) is 48.6 Å². The van der Waals surface area contributed by atoms with E-state index >= 15 is 0 Å². The second-order valence-corrected chi connectivity index (χ2v) is 10.9. The molecule has 2 aliphatic heterocycles. The van der Waals surface area contributed by atoms with Gasteiger partial charge < -0.3 is 14.4 Å². The van der Waals surface area contributed by atoms with Crippen molar-refractivity contribution < 1.29 is 9.59 Å². The van der Waals surface area contributed by atoms with E-state index in [1.807, 2.05) is 27.3 Å². The molecule has 8 nitrogen and oxygen atoms in total. The van der Waals surface area contributed by atoms with Crippen LogP contribution in [0.2, 0.25) is 0 Å². The summed E-state index contributed by atoms with van der Waals surface area (Å²) < 4.78 is 2.39. The number of aryl methyl sites for hydroxylation is 1. The molecule has 1 saturated carbocycles. The van der Waals surface area contributed by atoms with Crippen LogP contribution < -0.4 is 0 Å². The summed E-state index contributed by atoms with van der Waals surface area (Å²) in [5, 5.41) is 2.40. The highest BCUT2D eigenvalue weighted by Crippen LogP contribution is 2.33. The molecule has 0 spiro atoms. The number of rotatable bonds is 4. The molecule has 3 fully saturated rings. The summed E-state index contributed by atoms with van der Waals surface area (Å²) in [7, 11) is 0. The quantitative estimate of drug-likeness (QED) is 0.557. The van der Waals surface area contributed by atoms with Gasteiger partial charge in [-0.3, -0.25) is 14.5 Å². The molecular weight excluding hydrogens is 460 g/mol. The van der Waals surface area contributed by atoms with Gasteiger partial charge >= 0.3 is 0 Å². The van der Waals surface area contributed by atoms with Crippen LogP contribution in [0.1, 0.15) is 64.1 Å². The Morgan fingerprint density at radius 1 is 0.943 bits per heavy atom. The summed E-state index contributed by atoms with van der Waals surface area (Å²) in [6, 6.07) is 6.94. The normalized spacial score (nSPS) is 20.4. The lowest BCUT2D eigenvalue weighted by molar-refractivity contribution is 0.00854. The summed E-state index contributed by atoms with van der Waals surface area (Å²) in [5.74, 6) is 1.17. The molecule has 1 aliphatic carbocycles. The predicted octanol–water partition coefficient (Wildman–Crippen LogP) is 3.59. The fourth-order valence-electron chi connectivity index (χ4n) is 5.94. The number of likely N-dealkylation sites (tertiary alicyclic amines) is 1. The Bertz CT molecular complexity index is 1220. The minimum Gasteiger partial charge on any atom is -0.335 e. The van der Waals surface area contributed by atoms with Crippen molar-refractivity contribution in [3.63, 3.8) is 0 Å². The zero-order valence-corrected chi connectivity index (χ0v) is 21.0. The van der Waals surface area contributed by atoms with Gasteiger partial charge in [0, 0.05) is 68.5 Å². The van der Waals surface area contributed by atoms with E-state index in [2.05, 4.69) is 27.4 Å². The van der Waals surface area contributed by atoms with E-state index in [1.54, 1.807) is 6.20 Å². The summed E-state index contributed by atoms with van der Waals surface area (Å²) in [6.45, 7) is 6.67. The Labute approximate surface area is 209 Å². The van der Waals surface area contributed by atoms with Gasteiger partial charge in [-0.25, -0.2) is 9.97 Å². The number of benzene rings is 1. The maximum atomic E-state index is 13.2. The van der Waals surface area contributed by atoms with Crippen molar-refractivity contribution in [2.45, 2.75) is 51.1 Å². The molecule has 35 heavy (non-hydrogen) atoms. The highest BCUT2D eigenvalue weighted by Gasteiger charge is 2.37. The number of thiazole rings is 1. The Kier molecular flexibility index (Phi) is 6.06. The maximum Gasteiger partial charge on any atom is 0.282 e. The van der Waals surface area contributed by atoms with Gasteiger partial charge in [0.15, 0.2) is 5.01 Å². The summed E-state index contributed by atoms with van der Waals surface area (Å²) >= 11 is 1.39. The highest BCUT2D eigenvalue weighted by atomic mass is 32.1. The van der Waals surface area contributed by atoms with Crippen LogP contribution in [0, 0.1) is 6.92 Å². The number of piperazine rings is 1. The SMILES string of the molecule is Cc1nc2cc(C(=O)N3CC(N4CCN(C(=O)c5nccs5)CC4)C3)ccc2n1C1CCCCC1. The predicted molar refractivity (Wildman–Crippen MR) is 136 cm³/mol. The number of hydrogen-bond donors (Lipinski definition) is 0. The standard InChI is InChI=1S/C26H32N6O2S/c1-18-28-22-15-19(7-8-23(22)32(18)20-5-3-2-4-6-20)25(33)31-16-21(17-31)29-10-12-30(13-11-29)26(34)24-27-9-14-35-24/h7-9,14-15,20-21H,2-6,10-13,16-17H2,1H3. The van der Waals surface area contributed by atoms with Gasteiger partial charge in [0.05, 0.1) is 11.0 Å². The molecule has 2 aromatic heterocycles. The minimum absolute atomic E-state index is 0.0293. The number of aromatic nitrogens is 3. The third-order valence-electron chi connectivity index (χ3n) is 7.94. The number of fused-ring (bicyclic) bond motifs is 1. The molecule has 0 bridgehead atoms. The molecule has 4 heterocycles. The van der Waals surface area contributed by atoms with Crippen molar-refractivity contribution in [2.75, 3.05) is 39.3 Å². The van der Waals surface area contributed by atoms with Crippen molar-refractivity contribution >= 4 is 34.2 Å². The van der Waals surface area contributed by atoms with E-state index in [9.17, 15) is 9.59 Å². The molecule has 0 N–H and O–H groups in total. The smallest absolute Gasteiger partial charge is 0.282 e. The van der Waals surface area contributed by atoms with Crippen LogP contribution in [0.25, 0.3) is 11.0 Å². The molecule has 3 aliphatic rings. The lowest BCUT2D eigenvalue weighted by atomic mass is 9.95. The Morgan fingerprint density at radius 2 is 1.71 bits per heavy atom. The van der Waals surface area contributed by atoms with Gasteiger partial charge in [-0.15, -0.1) is 11.3 Å². The van der Waals surface area contributed by atoms with Crippen molar-refractivity contribution in [3.05, 3.63) is 46.2 Å². The first-order chi connectivity index (χ1) is 17.1. The number of nitrogens with zero attached hydrogens (tertiary/aromatic N) is 6. The topological polar surface area (TPSA) is 74.6 Å². The Balaban J connectivity index is 1.06. The fourth-order valence-corrected chi connectivity index (χ4v) is 6.54. The number of hydrogen-bond acceptors (Lipinski definition) is 6. The van der Waals surface area contributed by atoms with Crippen LogP contribution in [-0.2, 0) is 0 Å². The van der Waals surface area contributed by atoms with Gasteiger partial charge in [-0.2, -0.15) is 0 Å². The molecule has 0 unspecified atom stereocenters. The number of imidazole rings is 1. The number of carbonyl (C=O) groups excluding carboxylic acids is 2. The molecule has 2 saturated heterocycles. The second kappa shape index (κ2) is 9.35. The molecule has 6 rings (SSSR count). The third-order valence-corrected chi connectivity index (χ3v) is 8.70. The monoisotopic (exact) mass is 492 g/mol. The summed E-state index contributed by atoms with van der Waals surface area (Å²) in [6.07, 6.45) is 8.01. The lowest BCUT2D eigenvalue weighted by Gasteiger charge is -2.48. The lowest BCUT2D eigenvalue weighted by Crippen LogP contribution is -2.64. The molecule has 0 radical (unpaired) electrons. The van der Waals surface area contributed by atoms with Crippen LogP contribution in [-0.4, -0.2) is 86.4 Å². The molecule has 3 aromatic rings. The first-order valence-corrected chi connectivity index (χ1v) is 13.7. The van der Waals surface area contributed by atoms with E-state index in [0.29, 0.717) is 30.2 Å². The van der Waals surface area contributed by atoms with Crippen LogP contribution >= 0.6 is 11.3 Å².